The molecule has 0 spiro atoms. The summed E-state index contributed by atoms with van der Waals surface area (Å²) < 4.78 is 18.0. The van der Waals surface area contributed by atoms with Crippen LogP contribution in [0.25, 0.3) is 0 Å². The normalized spacial score (nSPS) is 14.2. The molecule has 94 valence electrons. The fourth-order valence-corrected chi connectivity index (χ4v) is 1.40. The Balaban J connectivity index is 2.88. The van der Waals surface area contributed by atoms with E-state index in [1.807, 2.05) is 0 Å². The van der Waals surface area contributed by atoms with E-state index < -0.39 is 24.0 Å². The van der Waals surface area contributed by atoms with Gasteiger partial charge in [0.15, 0.2) is 6.10 Å². The van der Waals surface area contributed by atoms with Gasteiger partial charge in [-0.25, -0.2) is 9.18 Å². The van der Waals surface area contributed by atoms with Crippen molar-refractivity contribution in [3.63, 3.8) is 0 Å². The number of carbonyl (C=O) groups excluding carboxylic acids is 1. The first kappa shape index (κ1) is 13.6. The summed E-state index contributed by atoms with van der Waals surface area (Å²) in [6, 6.07) is 4.13. The molecule has 0 radical (unpaired) electrons. The van der Waals surface area contributed by atoms with E-state index in [4.69, 9.17) is 0 Å². The van der Waals surface area contributed by atoms with Gasteiger partial charge in [-0.3, -0.25) is 0 Å². The van der Waals surface area contributed by atoms with Gasteiger partial charge in [-0.1, -0.05) is 12.1 Å². The molecule has 0 fully saturated rings. The van der Waals surface area contributed by atoms with Gasteiger partial charge in [0.25, 0.3) is 0 Å². The fraction of sp³-hybridized carbons (Fsp3) is 0.417. The Morgan fingerprint density at radius 3 is 2.65 bits per heavy atom. The molecule has 1 aromatic rings. The fourth-order valence-electron chi connectivity index (χ4n) is 1.40. The van der Waals surface area contributed by atoms with Gasteiger partial charge in [-0.2, -0.15) is 0 Å². The summed E-state index contributed by atoms with van der Waals surface area (Å²) in [4.78, 5) is 11.2. The Kier molecular flexibility index (Phi) is 4.60. The van der Waals surface area contributed by atoms with Crippen LogP contribution in [0.1, 0.15) is 24.2 Å². The molecule has 5 heteroatoms. The Hall–Kier alpha value is -1.46. The van der Waals surface area contributed by atoms with Crippen molar-refractivity contribution in [3.05, 3.63) is 35.1 Å². The molecule has 0 aliphatic carbocycles. The van der Waals surface area contributed by atoms with Crippen LogP contribution in [-0.2, 0) is 9.53 Å². The number of aryl methyl sites for hydroxylation is 1. The van der Waals surface area contributed by atoms with Crippen LogP contribution in [-0.4, -0.2) is 28.9 Å². The molecule has 1 rings (SSSR count). The number of aliphatic hydroxyl groups excluding tert-OH is 2. The van der Waals surface area contributed by atoms with Crippen LogP contribution < -0.4 is 0 Å². The molecular formula is C12H15FO4. The molecule has 4 nitrogen and oxygen atoms in total. The summed E-state index contributed by atoms with van der Waals surface area (Å²) >= 11 is 0. The zero-order chi connectivity index (χ0) is 13.0. The van der Waals surface area contributed by atoms with Crippen LogP contribution >= 0.6 is 0 Å². The van der Waals surface area contributed by atoms with E-state index in [2.05, 4.69) is 4.74 Å². The lowest BCUT2D eigenvalue weighted by atomic mass is 10.0. The highest BCUT2D eigenvalue weighted by Crippen LogP contribution is 2.21. The summed E-state index contributed by atoms with van der Waals surface area (Å²) in [5, 5.41) is 19.1. The third kappa shape index (κ3) is 3.25. The maximum atomic E-state index is 13.5. The highest BCUT2D eigenvalue weighted by Gasteiger charge is 2.28. The van der Waals surface area contributed by atoms with Crippen LogP contribution in [0.4, 0.5) is 4.39 Å². The van der Waals surface area contributed by atoms with Crippen molar-refractivity contribution in [1.82, 2.24) is 0 Å². The van der Waals surface area contributed by atoms with E-state index in [1.54, 1.807) is 19.9 Å². The maximum Gasteiger partial charge on any atom is 0.338 e. The summed E-state index contributed by atoms with van der Waals surface area (Å²) in [5.74, 6) is -1.64. The molecule has 0 saturated heterocycles. The lowest BCUT2D eigenvalue weighted by Crippen LogP contribution is -2.30. The molecule has 2 unspecified atom stereocenters. The molecule has 0 bridgehead atoms. The number of ether oxygens (including phenoxy) is 1. The molecule has 2 atom stereocenters. The molecule has 0 amide bonds. The van der Waals surface area contributed by atoms with E-state index in [0.717, 1.165) is 0 Å². The van der Waals surface area contributed by atoms with Gasteiger partial charge in [0.1, 0.15) is 11.9 Å². The average Bonchev–Trinajstić information content (AvgIpc) is 2.27. The number of halogens is 1. The van der Waals surface area contributed by atoms with E-state index in [9.17, 15) is 19.4 Å². The van der Waals surface area contributed by atoms with Crippen LogP contribution in [0, 0.1) is 12.7 Å². The molecule has 0 aromatic heterocycles. The number of benzene rings is 1. The number of carbonyl (C=O) groups is 1. The van der Waals surface area contributed by atoms with Crippen LogP contribution in [0.2, 0.25) is 0 Å². The van der Waals surface area contributed by atoms with Crippen LogP contribution in [0.15, 0.2) is 18.2 Å². The van der Waals surface area contributed by atoms with E-state index >= 15 is 0 Å². The number of esters is 1. The second kappa shape index (κ2) is 5.75. The first-order chi connectivity index (χ1) is 7.97. The van der Waals surface area contributed by atoms with Crippen molar-refractivity contribution >= 4 is 5.97 Å². The van der Waals surface area contributed by atoms with Gasteiger partial charge in [0.05, 0.1) is 6.61 Å². The molecule has 17 heavy (non-hydrogen) atoms. The Morgan fingerprint density at radius 2 is 2.12 bits per heavy atom. The first-order valence-corrected chi connectivity index (χ1v) is 5.26. The average molecular weight is 242 g/mol. The summed E-state index contributed by atoms with van der Waals surface area (Å²) in [5.41, 5.74) is 0.556. The van der Waals surface area contributed by atoms with Crippen molar-refractivity contribution < 1.29 is 24.1 Å². The largest absolute Gasteiger partial charge is 0.464 e. The van der Waals surface area contributed by atoms with Crippen molar-refractivity contribution in [2.24, 2.45) is 0 Å². The Morgan fingerprint density at radius 1 is 1.47 bits per heavy atom. The number of hydrogen-bond donors (Lipinski definition) is 2. The predicted molar refractivity (Wildman–Crippen MR) is 58.7 cm³/mol. The highest BCUT2D eigenvalue weighted by molar-refractivity contribution is 5.75. The second-order valence-electron chi connectivity index (χ2n) is 3.67. The van der Waals surface area contributed by atoms with Gasteiger partial charge in [-0.05, 0) is 25.5 Å². The van der Waals surface area contributed by atoms with Gasteiger partial charge >= 0.3 is 5.97 Å². The van der Waals surface area contributed by atoms with E-state index in [-0.39, 0.29) is 12.2 Å². The van der Waals surface area contributed by atoms with Crippen molar-refractivity contribution in [2.45, 2.75) is 26.1 Å². The van der Waals surface area contributed by atoms with Gasteiger partial charge in [-0.15, -0.1) is 0 Å². The lowest BCUT2D eigenvalue weighted by Gasteiger charge is -2.17. The summed E-state index contributed by atoms with van der Waals surface area (Å²) in [6.07, 6.45) is -3.41. The standard InChI is InChI=1S/C12H15FO4/c1-3-17-12(16)11(15)10(14)8-5-4-7(2)6-9(8)13/h4-6,10-11,14-15H,3H2,1-2H3. The molecule has 0 aliphatic rings. The molecule has 1 aromatic carbocycles. The first-order valence-electron chi connectivity index (χ1n) is 5.26. The quantitative estimate of drug-likeness (QED) is 0.776. The molecular weight excluding hydrogens is 227 g/mol. The van der Waals surface area contributed by atoms with Gasteiger partial charge in [0, 0.05) is 5.56 Å². The number of aliphatic hydroxyl groups is 2. The minimum Gasteiger partial charge on any atom is -0.464 e. The minimum absolute atomic E-state index is 0.0823. The van der Waals surface area contributed by atoms with Crippen LogP contribution in [0.3, 0.4) is 0 Å². The highest BCUT2D eigenvalue weighted by atomic mass is 19.1. The second-order valence-corrected chi connectivity index (χ2v) is 3.67. The number of rotatable bonds is 4. The SMILES string of the molecule is CCOC(=O)C(O)C(O)c1ccc(C)cc1F. The summed E-state index contributed by atoms with van der Waals surface area (Å²) in [7, 11) is 0. The molecule has 0 heterocycles. The Labute approximate surface area is 98.7 Å². The van der Waals surface area contributed by atoms with Crippen molar-refractivity contribution in [1.29, 1.82) is 0 Å². The van der Waals surface area contributed by atoms with Crippen LogP contribution in [0.5, 0.6) is 0 Å². The van der Waals surface area contributed by atoms with E-state index in [0.29, 0.717) is 5.56 Å². The lowest BCUT2D eigenvalue weighted by molar-refractivity contribution is -0.159. The van der Waals surface area contributed by atoms with Crippen molar-refractivity contribution in [2.75, 3.05) is 6.61 Å². The van der Waals surface area contributed by atoms with Crippen molar-refractivity contribution in [3.8, 4) is 0 Å². The number of hydrogen-bond acceptors (Lipinski definition) is 4. The van der Waals surface area contributed by atoms with Gasteiger partial charge in [0.2, 0.25) is 0 Å². The van der Waals surface area contributed by atoms with E-state index in [1.165, 1.54) is 12.1 Å². The molecule has 0 saturated carbocycles. The van der Waals surface area contributed by atoms with Gasteiger partial charge < -0.3 is 14.9 Å². The zero-order valence-electron chi connectivity index (χ0n) is 9.68. The smallest absolute Gasteiger partial charge is 0.338 e. The maximum absolute atomic E-state index is 13.5. The molecule has 0 aliphatic heterocycles. The minimum atomic E-state index is -1.79. The Bertz CT molecular complexity index is 405. The third-order valence-electron chi connectivity index (χ3n) is 2.30. The topological polar surface area (TPSA) is 66.8 Å². The zero-order valence-corrected chi connectivity index (χ0v) is 9.68. The predicted octanol–water partition coefficient (Wildman–Crippen LogP) is 1.09. The third-order valence-corrected chi connectivity index (χ3v) is 2.30. The monoisotopic (exact) mass is 242 g/mol. The summed E-state index contributed by atoms with van der Waals surface area (Å²) in [6.45, 7) is 3.35. The molecule has 2 N–H and O–H groups in total.